The lowest BCUT2D eigenvalue weighted by atomic mass is 9.93. The highest BCUT2D eigenvalue weighted by Crippen LogP contribution is 2.19. The van der Waals surface area contributed by atoms with Crippen molar-refractivity contribution in [3.8, 4) is 0 Å². The molecule has 0 N–H and O–H groups in total. The van der Waals surface area contributed by atoms with Crippen LogP contribution in [-0.4, -0.2) is 10.4 Å². The Hall–Kier alpha value is -1.38. The zero-order valence-corrected chi connectivity index (χ0v) is 8.46. The van der Waals surface area contributed by atoms with Gasteiger partial charge in [0.1, 0.15) is 0 Å². The maximum Gasteiger partial charge on any atom is 0.253 e. The van der Waals surface area contributed by atoms with Crippen LogP contribution in [0.4, 0.5) is 0 Å². The molecule has 1 aliphatic rings. The number of carbonyl (C=O) groups is 1. The number of hydrogen-bond donors (Lipinski definition) is 0. The number of aromatic nitrogens is 1. The number of fused-ring (bicyclic) bond motifs is 1. The number of pyridine rings is 1. The quantitative estimate of drug-likeness (QED) is 0.618. The van der Waals surface area contributed by atoms with E-state index in [-0.39, 0.29) is 11.3 Å². The number of hydrogen-bond acceptors (Lipinski definition) is 2. The van der Waals surface area contributed by atoms with Gasteiger partial charge in [-0.05, 0) is 25.8 Å². The van der Waals surface area contributed by atoms with E-state index in [2.05, 4.69) is 0 Å². The van der Waals surface area contributed by atoms with Crippen LogP contribution in [0, 0.1) is 6.92 Å². The molecule has 2 rings (SSSR count). The van der Waals surface area contributed by atoms with Crippen LogP contribution in [0.25, 0.3) is 0 Å². The SMILES string of the molecule is Cc1cc2c(n(C)c1=O)CCCC2=O. The van der Waals surface area contributed by atoms with Crippen LogP contribution in [0.1, 0.15) is 34.5 Å². The van der Waals surface area contributed by atoms with Gasteiger partial charge in [0, 0.05) is 30.3 Å². The standard InChI is InChI=1S/C11H13NO2/c1-7-6-8-9(12(2)11(7)14)4-3-5-10(8)13/h6H,3-5H2,1-2H3. The third-order valence-corrected chi connectivity index (χ3v) is 2.84. The molecule has 0 aliphatic heterocycles. The van der Waals surface area contributed by atoms with E-state index in [1.807, 2.05) is 0 Å². The molecule has 0 fully saturated rings. The summed E-state index contributed by atoms with van der Waals surface area (Å²) in [7, 11) is 1.74. The topological polar surface area (TPSA) is 39.1 Å². The second kappa shape index (κ2) is 3.08. The molecule has 0 saturated carbocycles. The monoisotopic (exact) mass is 191 g/mol. The third kappa shape index (κ3) is 1.20. The van der Waals surface area contributed by atoms with Crippen molar-refractivity contribution < 1.29 is 4.79 Å². The second-order valence-electron chi connectivity index (χ2n) is 3.83. The molecule has 1 heterocycles. The van der Waals surface area contributed by atoms with E-state index in [1.54, 1.807) is 24.6 Å². The number of carbonyl (C=O) groups excluding carboxylic acids is 1. The molecule has 0 spiro atoms. The predicted molar refractivity (Wildman–Crippen MR) is 53.7 cm³/mol. The van der Waals surface area contributed by atoms with Gasteiger partial charge in [0.15, 0.2) is 5.78 Å². The molecule has 1 aliphatic carbocycles. The Morgan fingerprint density at radius 2 is 2.00 bits per heavy atom. The zero-order valence-electron chi connectivity index (χ0n) is 8.46. The first-order valence-electron chi connectivity index (χ1n) is 4.84. The van der Waals surface area contributed by atoms with E-state index < -0.39 is 0 Å². The third-order valence-electron chi connectivity index (χ3n) is 2.84. The maximum absolute atomic E-state index is 11.6. The largest absolute Gasteiger partial charge is 0.315 e. The highest BCUT2D eigenvalue weighted by Gasteiger charge is 2.20. The average molecular weight is 191 g/mol. The lowest BCUT2D eigenvalue weighted by Crippen LogP contribution is -2.27. The Morgan fingerprint density at radius 1 is 1.29 bits per heavy atom. The van der Waals surface area contributed by atoms with Crippen LogP contribution in [0.2, 0.25) is 0 Å². The fourth-order valence-electron chi connectivity index (χ4n) is 2.02. The van der Waals surface area contributed by atoms with E-state index in [0.29, 0.717) is 12.0 Å². The Kier molecular flexibility index (Phi) is 2.02. The van der Waals surface area contributed by atoms with Gasteiger partial charge in [-0.1, -0.05) is 0 Å². The molecule has 1 aromatic heterocycles. The van der Waals surface area contributed by atoms with Crippen molar-refractivity contribution in [1.29, 1.82) is 0 Å². The highest BCUT2D eigenvalue weighted by atomic mass is 16.1. The van der Waals surface area contributed by atoms with Crippen molar-refractivity contribution in [2.24, 2.45) is 7.05 Å². The predicted octanol–water partition coefficient (Wildman–Crippen LogP) is 1.21. The number of nitrogens with zero attached hydrogens (tertiary/aromatic N) is 1. The number of rotatable bonds is 0. The minimum atomic E-state index is 0.0125. The maximum atomic E-state index is 11.6. The summed E-state index contributed by atoms with van der Waals surface area (Å²) in [5, 5.41) is 0. The molecular formula is C11H13NO2. The first-order chi connectivity index (χ1) is 6.61. The van der Waals surface area contributed by atoms with E-state index in [4.69, 9.17) is 0 Å². The molecule has 0 saturated heterocycles. The number of Topliss-reactive ketones (excluding diaryl/α,β-unsaturated/α-hetero) is 1. The summed E-state index contributed by atoms with van der Waals surface area (Å²) in [5.74, 6) is 0.171. The van der Waals surface area contributed by atoms with Gasteiger partial charge in [-0.3, -0.25) is 9.59 Å². The fraction of sp³-hybridized carbons (Fsp3) is 0.455. The van der Waals surface area contributed by atoms with Gasteiger partial charge in [0.25, 0.3) is 5.56 Å². The Balaban J connectivity index is 2.76. The lowest BCUT2D eigenvalue weighted by molar-refractivity contribution is 0.0970. The summed E-state index contributed by atoms with van der Waals surface area (Å²) in [6, 6.07) is 1.74. The minimum Gasteiger partial charge on any atom is -0.315 e. The van der Waals surface area contributed by atoms with Gasteiger partial charge in [0.05, 0.1) is 0 Å². The first kappa shape index (κ1) is 9.19. The summed E-state index contributed by atoms with van der Waals surface area (Å²) >= 11 is 0. The Morgan fingerprint density at radius 3 is 2.71 bits per heavy atom. The smallest absolute Gasteiger partial charge is 0.253 e. The normalized spacial score (nSPS) is 15.4. The van der Waals surface area contributed by atoms with Crippen LogP contribution in [-0.2, 0) is 13.5 Å². The van der Waals surface area contributed by atoms with E-state index >= 15 is 0 Å². The summed E-state index contributed by atoms with van der Waals surface area (Å²) in [4.78, 5) is 23.2. The van der Waals surface area contributed by atoms with E-state index in [1.165, 1.54) is 0 Å². The van der Waals surface area contributed by atoms with Gasteiger partial charge in [0.2, 0.25) is 0 Å². The summed E-state index contributed by atoms with van der Waals surface area (Å²) in [5.41, 5.74) is 2.31. The van der Waals surface area contributed by atoms with Crippen molar-refractivity contribution >= 4 is 5.78 Å². The fourth-order valence-corrected chi connectivity index (χ4v) is 2.02. The Bertz CT molecular complexity index is 457. The number of ketones is 1. The van der Waals surface area contributed by atoms with Crippen molar-refractivity contribution in [2.45, 2.75) is 26.2 Å². The molecule has 3 nitrogen and oxygen atoms in total. The molecule has 0 unspecified atom stereocenters. The summed E-state index contributed by atoms with van der Waals surface area (Å²) < 4.78 is 1.61. The van der Waals surface area contributed by atoms with Crippen LogP contribution in [0.5, 0.6) is 0 Å². The van der Waals surface area contributed by atoms with E-state index in [0.717, 1.165) is 24.1 Å². The molecule has 74 valence electrons. The molecule has 1 aromatic rings. The van der Waals surface area contributed by atoms with Crippen molar-refractivity contribution in [3.05, 3.63) is 33.2 Å². The summed E-state index contributed by atoms with van der Waals surface area (Å²) in [6.07, 6.45) is 2.32. The van der Waals surface area contributed by atoms with Gasteiger partial charge >= 0.3 is 0 Å². The highest BCUT2D eigenvalue weighted by molar-refractivity contribution is 5.98. The lowest BCUT2D eigenvalue weighted by Gasteiger charge is -2.18. The van der Waals surface area contributed by atoms with Crippen LogP contribution in [0.15, 0.2) is 10.9 Å². The average Bonchev–Trinajstić information content (AvgIpc) is 2.17. The summed E-state index contributed by atoms with van der Waals surface area (Å²) in [6.45, 7) is 1.75. The molecule has 0 radical (unpaired) electrons. The minimum absolute atomic E-state index is 0.0125. The van der Waals surface area contributed by atoms with Crippen LogP contribution >= 0.6 is 0 Å². The van der Waals surface area contributed by atoms with Gasteiger partial charge in [-0.2, -0.15) is 0 Å². The second-order valence-corrected chi connectivity index (χ2v) is 3.83. The van der Waals surface area contributed by atoms with E-state index in [9.17, 15) is 9.59 Å². The molecule has 14 heavy (non-hydrogen) atoms. The van der Waals surface area contributed by atoms with Gasteiger partial charge < -0.3 is 4.57 Å². The van der Waals surface area contributed by atoms with Gasteiger partial charge in [-0.25, -0.2) is 0 Å². The molecule has 0 bridgehead atoms. The molecule has 0 atom stereocenters. The molecule has 0 aromatic carbocycles. The molecule has 3 heteroatoms. The molecule has 0 amide bonds. The first-order valence-corrected chi connectivity index (χ1v) is 4.84. The van der Waals surface area contributed by atoms with Crippen molar-refractivity contribution in [1.82, 2.24) is 4.57 Å². The zero-order chi connectivity index (χ0) is 10.3. The number of aryl methyl sites for hydroxylation is 1. The molecular weight excluding hydrogens is 178 g/mol. The van der Waals surface area contributed by atoms with Crippen molar-refractivity contribution in [3.63, 3.8) is 0 Å². The van der Waals surface area contributed by atoms with Gasteiger partial charge in [-0.15, -0.1) is 0 Å². The van der Waals surface area contributed by atoms with Crippen LogP contribution < -0.4 is 5.56 Å². The Labute approximate surface area is 82.4 Å². The van der Waals surface area contributed by atoms with Crippen LogP contribution in [0.3, 0.4) is 0 Å². The van der Waals surface area contributed by atoms with Crippen molar-refractivity contribution in [2.75, 3.05) is 0 Å².